The Kier molecular flexibility index (Phi) is 11.5. The van der Waals surface area contributed by atoms with Gasteiger partial charge in [0.25, 0.3) is 0 Å². The fourth-order valence-electron chi connectivity index (χ4n) is 3.13. The lowest BCUT2D eigenvalue weighted by molar-refractivity contribution is -0.132. The van der Waals surface area contributed by atoms with Gasteiger partial charge >= 0.3 is 5.97 Å². The summed E-state index contributed by atoms with van der Waals surface area (Å²) in [5.74, 6) is -0.293. The maximum Gasteiger partial charge on any atom is 0.341 e. The van der Waals surface area contributed by atoms with Crippen molar-refractivity contribution in [2.75, 3.05) is 0 Å². The van der Waals surface area contributed by atoms with Crippen LogP contribution in [0.25, 0.3) is 0 Å². The topological polar surface area (TPSA) is 46.5 Å². The second-order valence-electron chi connectivity index (χ2n) is 6.95. The summed E-state index contributed by atoms with van der Waals surface area (Å²) in [5, 5.41) is 9.72. The normalized spacial score (nSPS) is 19.2. The molecule has 1 aliphatic rings. The second-order valence-corrected chi connectivity index (χ2v) is 6.95. The first-order valence-corrected chi connectivity index (χ1v) is 9.96. The maximum atomic E-state index is 11.4. The average molecular weight is 337 g/mol. The van der Waals surface area contributed by atoms with E-state index in [-0.39, 0.29) is 5.76 Å². The Labute approximate surface area is 148 Å². The summed E-state index contributed by atoms with van der Waals surface area (Å²) in [6.45, 7) is 5.78. The Bertz CT molecular complexity index is 398. The highest BCUT2D eigenvalue weighted by Crippen LogP contribution is 2.23. The molecule has 0 aliphatic carbocycles. The number of hydrogen-bond donors (Lipinski definition) is 1. The summed E-state index contributed by atoms with van der Waals surface area (Å²) >= 11 is 0. The predicted molar refractivity (Wildman–Crippen MR) is 99.6 cm³/mol. The van der Waals surface area contributed by atoms with Crippen molar-refractivity contribution in [2.45, 2.75) is 103 Å². The molecular weight excluding hydrogens is 300 g/mol. The lowest BCUT2D eigenvalue weighted by Gasteiger charge is -2.03. The van der Waals surface area contributed by atoms with Gasteiger partial charge in [0.15, 0.2) is 0 Å². The number of ether oxygens (including phenoxy) is 1. The molecule has 1 fully saturated rings. The average Bonchev–Trinajstić information content (AvgIpc) is 2.81. The first-order chi connectivity index (χ1) is 11.7. The highest BCUT2D eigenvalue weighted by molar-refractivity contribution is 5.93. The van der Waals surface area contributed by atoms with E-state index in [1.165, 1.54) is 77.0 Å². The standard InChI is InChI=1S/C21H36O3/c1-3-4-5-6-7-8-9-10-11-12-13-14-15-16-17-19-20(22)18(2)24-21(19)23/h17,20,22H,2-16H2,1H3/b19-17+/t20-/m1/s1. The Morgan fingerprint density at radius 1 is 0.917 bits per heavy atom. The van der Waals surface area contributed by atoms with Gasteiger partial charge in [0.05, 0.1) is 5.57 Å². The third kappa shape index (κ3) is 8.68. The van der Waals surface area contributed by atoms with Crippen LogP contribution in [0.15, 0.2) is 24.0 Å². The monoisotopic (exact) mass is 336 g/mol. The molecule has 138 valence electrons. The molecule has 1 atom stereocenters. The highest BCUT2D eigenvalue weighted by Gasteiger charge is 2.32. The molecule has 1 aliphatic heterocycles. The van der Waals surface area contributed by atoms with E-state index in [0.29, 0.717) is 5.57 Å². The van der Waals surface area contributed by atoms with Crippen LogP contribution in [0.2, 0.25) is 0 Å². The fraction of sp³-hybridized carbons (Fsp3) is 0.762. The van der Waals surface area contributed by atoms with Gasteiger partial charge in [-0.2, -0.15) is 0 Å². The minimum Gasteiger partial charge on any atom is -0.425 e. The molecule has 0 amide bonds. The van der Waals surface area contributed by atoms with Gasteiger partial charge < -0.3 is 9.84 Å². The molecule has 0 aromatic carbocycles. The number of allylic oxidation sites excluding steroid dienone is 1. The van der Waals surface area contributed by atoms with Crippen molar-refractivity contribution >= 4 is 5.97 Å². The summed E-state index contributed by atoms with van der Waals surface area (Å²) in [6, 6.07) is 0. The van der Waals surface area contributed by atoms with Gasteiger partial charge in [-0.25, -0.2) is 4.79 Å². The number of aliphatic hydroxyl groups is 1. The molecule has 0 saturated carbocycles. The summed E-state index contributed by atoms with van der Waals surface area (Å²) in [4.78, 5) is 11.4. The van der Waals surface area contributed by atoms with Crippen molar-refractivity contribution in [3.63, 3.8) is 0 Å². The Morgan fingerprint density at radius 3 is 1.79 bits per heavy atom. The van der Waals surface area contributed by atoms with Crippen molar-refractivity contribution in [3.05, 3.63) is 24.0 Å². The molecule has 0 aromatic rings. The van der Waals surface area contributed by atoms with Gasteiger partial charge in [0, 0.05) is 0 Å². The number of carbonyl (C=O) groups excluding carboxylic acids is 1. The number of rotatable bonds is 14. The van der Waals surface area contributed by atoms with Crippen LogP contribution in [0.5, 0.6) is 0 Å². The molecule has 1 heterocycles. The van der Waals surface area contributed by atoms with Crippen LogP contribution in [0.1, 0.15) is 96.8 Å². The van der Waals surface area contributed by atoms with E-state index in [0.717, 1.165) is 12.8 Å². The van der Waals surface area contributed by atoms with Crippen LogP contribution in [0.4, 0.5) is 0 Å². The minimum absolute atomic E-state index is 0.150. The van der Waals surface area contributed by atoms with Crippen LogP contribution >= 0.6 is 0 Å². The van der Waals surface area contributed by atoms with Crippen LogP contribution in [0, 0.1) is 0 Å². The molecule has 1 N–H and O–H groups in total. The molecule has 3 nitrogen and oxygen atoms in total. The number of cyclic esters (lactones) is 1. The number of esters is 1. The summed E-state index contributed by atoms with van der Waals surface area (Å²) in [5.41, 5.74) is 0.360. The summed E-state index contributed by atoms with van der Waals surface area (Å²) in [7, 11) is 0. The number of hydrogen-bond acceptors (Lipinski definition) is 3. The second kappa shape index (κ2) is 13.2. The Balaban J connectivity index is 1.87. The van der Waals surface area contributed by atoms with Crippen molar-refractivity contribution in [3.8, 4) is 0 Å². The van der Waals surface area contributed by atoms with Gasteiger partial charge in [-0.15, -0.1) is 0 Å². The zero-order chi connectivity index (χ0) is 17.6. The third-order valence-electron chi connectivity index (χ3n) is 4.73. The molecule has 0 spiro atoms. The third-order valence-corrected chi connectivity index (χ3v) is 4.73. The number of aliphatic hydroxyl groups excluding tert-OH is 1. The smallest absolute Gasteiger partial charge is 0.341 e. The maximum absolute atomic E-state index is 11.4. The summed E-state index contributed by atoms with van der Waals surface area (Å²) < 4.78 is 4.80. The van der Waals surface area contributed by atoms with Crippen molar-refractivity contribution in [1.29, 1.82) is 0 Å². The minimum atomic E-state index is -0.931. The molecule has 1 saturated heterocycles. The van der Waals surface area contributed by atoms with E-state index in [9.17, 15) is 9.90 Å². The molecule has 1 rings (SSSR count). The van der Waals surface area contributed by atoms with Gasteiger partial charge in [0.2, 0.25) is 0 Å². The van der Waals surface area contributed by atoms with E-state index in [2.05, 4.69) is 13.5 Å². The summed E-state index contributed by atoms with van der Waals surface area (Å²) in [6.07, 6.45) is 19.0. The van der Waals surface area contributed by atoms with Gasteiger partial charge in [-0.3, -0.25) is 0 Å². The highest BCUT2D eigenvalue weighted by atomic mass is 16.6. The quantitative estimate of drug-likeness (QED) is 0.247. The first-order valence-electron chi connectivity index (χ1n) is 9.96. The lowest BCUT2D eigenvalue weighted by Crippen LogP contribution is -2.07. The molecule has 0 aromatic heterocycles. The molecule has 0 bridgehead atoms. The van der Waals surface area contributed by atoms with Crippen molar-refractivity contribution in [2.24, 2.45) is 0 Å². The van der Waals surface area contributed by atoms with Crippen LogP contribution < -0.4 is 0 Å². The molecule has 0 radical (unpaired) electrons. The van der Waals surface area contributed by atoms with E-state index >= 15 is 0 Å². The Morgan fingerprint density at radius 2 is 1.38 bits per heavy atom. The van der Waals surface area contributed by atoms with Gasteiger partial charge in [0.1, 0.15) is 11.9 Å². The van der Waals surface area contributed by atoms with Crippen molar-refractivity contribution in [1.82, 2.24) is 0 Å². The van der Waals surface area contributed by atoms with Crippen LogP contribution in [-0.2, 0) is 9.53 Å². The van der Waals surface area contributed by atoms with Crippen molar-refractivity contribution < 1.29 is 14.6 Å². The van der Waals surface area contributed by atoms with Gasteiger partial charge in [-0.1, -0.05) is 96.6 Å². The van der Waals surface area contributed by atoms with E-state index in [1.807, 2.05) is 6.08 Å². The zero-order valence-electron chi connectivity index (χ0n) is 15.5. The molecule has 3 heteroatoms. The predicted octanol–water partition coefficient (Wildman–Crippen LogP) is 5.83. The van der Waals surface area contributed by atoms with E-state index < -0.39 is 12.1 Å². The van der Waals surface area contributed by atoms with Gasteiger partial charge in [-0.05, 0) is 12.8 Å². The number of carbonyl (C=O) groups is 1. The molecular formula is C21H36O3. The number of unbranched alkanes of at least 4 members (excludes halogenated alkanes) is 13. The molecule has 24 heavy (non-hydrogen) atoms. The van der Waals surface area contributed by atoms with Crippen LogP contribution in [-0.4, -0.2) is 17.2 Å². The van der Waals surface area contributed by atoms with Crippen LogP contribution in [0.3, 0.4) is 0 Å². The SMILES string of the molecule is C=C1OC(=O)/C(=C/CCCCCCCCCCCCCCC)[C@@H]1O. The largest absolute Gasteiger partial charge is 0.425 e. The first kappa shape index (κ1) is 21.0. The lowest BCUT2D eigenvalue weighted by atomic mass is 10.0. The molecule has 0 unspecified atom stereocenters. The Hall–Kier alpha value is -1.09. The van der Waals surface area contributed by atoms with E-state index in [4.69, 9.17) is 4.74 Å². The zero-order valence-corrected chi connectivity index (χ0v) is 15.5. The van der Waals surface area contributed by atoms with E-state index in [1.54, 1.807) is 0 Å². The fourth-order valence-corrected chi connectivity index (χ4v) is 3.13.